The Balaban J connectivity index is 1.76. The van der Waals surface area contributed by atoms with Gasteiger partial charge in [0.15, 0.2) is 5.11 Å². The molecule has 0 spiro atoms. The Morgan fingerprint density at radius 2 is 1.87 bits per heavy atom. The number of carbonyl (C=O) groups excluding carboxylic acids is 1. The zero-order chi connectivity index (χ0) is 22.4. The molecule has 0 saturated heterocycles. The van der Waals surface area contributed by atoms with E-state index in [1.807, 2.05) is 24.3 Å². The van der Waals surface area contributed by atoms with Gasteiger partial charge >= 0.3 is 5.97 Å². The number of ether oxygens (including phenoxy) is 1. The third kappa shape index (κ3) is 6.15. The highest BCUT2D eigenvalue weighted by Gasteiger charge is 2.19. The van der Waals surface area contributed by atoms with E-state index in [0.29, 0.717) is 22.3 Å². The predicted molar refractivity (Wildman–Crippen MR) is 133 cm³/mol. The summed E-state index contributed by atoms with van der Waals surface area (Å²) in [5.41, 5.74) is 5.35. The molecule has 4 nitrogen and oxygen atoms in total. The summed E-state index contributed by atoms with van der Waals surface area (Å²) in [6.07, 6.45) is 0.749. The lowest BCUT2D eigenvalue weighted by Gasteiger charge is -2.19. The third-order valence-electron chi connectivity index (χ3n) is 4.97. The zero-order valence-electron chi connectivity index (χ0n) is 18.3. The quantitative estimate of drug-likeness (QED) is 0.331. The number of hydrogen-bond donors (Lipinski definition) is 2. The highest BCUT2D eigenvalue weighted by atomic mass is 32.1. The summed E-state index contributed by atoms with van der Waals surface area (Å²) in [5, 5.41) is 7.74. The molecular formula is C25H28N2O2S2. The lowest BCUT2D eigenvalue weighted by atomic mass is 10.0. The van der Waals surface area contributed by atoms with Crippen LogP contribution in [0.4, 0.5) is 5.00 Å². The average molecular weight is 453 g/mol. The normalized spacial score (nSPS) is 11.6. The second-order valence-electron chi connectivity index (χ2n) is 7.52. The first-order valence-corrected chi connectivity index (χ1v) is 11.6. The number of benzene rings is 2. The fourth-order valence-electron chi connectivity index (χ4n) is 3.50. The Bertz CT molecular complexity index is 1060. The third-order valence-corrected chi connectivity index (χ3v) is 6.24. The monoisotopic (exact) mass is 452 g/mol. The molecule has 2 N–H and O–H groups in total. The predicted octanol–water partition coefficient (Wildman–Crippen LogP) is 6.18. The average Bonchev–Trinajstić information content (AvgIpc) is 3.10. The van der Waals surface area contributed by atoms with Crippen molar-refractivity contribution in [3.63, 3.8) is 0 Å². The van der Waals surface area contributed by atoms with Gasteiger partial charge in [-0.3, -0.25) is 0 Å². The number of thiophene rings is 1. The van der Waals surface area contributed by atoms with E-state index in [1.54, 1.807) is 6.92 Å². The van der Waals surface area contributed by atoms with Crippen LogP contribution < -0.4 is 10.6 Å². The van der Waals surface area contributed by atoms with E-state index >= 15 is 0 Å². The zero-order valence-corrected chi connectivity index (χ0v) is 20.0. The Kier molecular flexibility index (Phi) is 7.82. The first-order chi connectivity index (χ1) is 14.9. The Morgan fingerprint density at radius 1 is 1.13 bits per heavy atom. The van der Waals surface area contributed by atoms with Crippen LogP contribution in [0.5, 0.6) is 0 Å². The van der Waals surface area contributed by atoms with Crippen molar-refractivity contribution >= 4 is 39.6 Å². The Labute approximate surface area is 193 Å². The van der Waals surface area contributed by atoms with Gasteiger partial charge in [0.2, 0.25) is 0 Å². The molecule has 162 valence electrons. The fourth-order valence-corrected chi connectivity index (χ4v) is 4.93. The molecule has 1 atom stereocenters. The number of rotatable bonds is 7. The minimum absolute atomic E-state index is 0.0374. The van der Waals surface area contributed by atoms with E-state index in [1.165, 1.54) is 33.6 Å². The summed E-state index contributed by atoms with van der Waals surface area (Å²) in [6.45, 7) is 8.40. The summed E-state index contributed by atoms with van der Waals surface area (Å²) in [6, 6.07) is 18.5. The van der Waals surface area contributed by atoms with Crippen molar-refractivity contribution < 1.29 is 9.53 Å². The van der Waals surface area contributed by atoms with Crippen molar-refractivity contribution in [2.24, 2.45) is 0 Å². The molecule has 31 heavy (non-hydrogen) atoms. The van der Waals surface area contributed by atoms with E-state index in [-0.39, 0.29) is 12.0 Å². The maximum atomic E-state index is 12.5. The van der Waals surface area contributed by atoms with Crippen molar-refractivity contribution in [3.05, 3.63) is 87.3 Å². The van der Waals surface area contributed by atoms with E-state index in [4.69, 9.17) is 17.0 Å². The molecule has 0 aliphatic rings. The van der Waals surface area contributed by atoms with Crippen molar-refractivity contribution in [2.75, 3.05) is 11.9 Å². The van der Waals surface area contributed by atoms with Gasteiger partial charge in [-0.1, -0.05) is 54.1 Å². The minimum Gasteiger partial charge on any atom is -0.462 e. The topological polar surface area (TPSA) is 50.4 Å². The van der Waals surface area contributed by atoms with Crippen molar-refractivity contribution in [2.45, 2.75) is 40.2 Å². The first-order valence-electron chi connectivity index (χ1n) is 10.4. The molecule has 0 fully saturated rings. The van der Waals surface area contributed by atoms with Gasteiger partial charge in [-0.25, -0.2) is 4.79 Å². The largest absolute Gasteiger partial charge is 0.462 e. The van der Waals surface area contributed by atoms with Gasteiger partial charge in [0, 0.05) is 11.3 Å². The van der Waals surface area contributed by atoms with Gasteiger partial charge < -0.3 is 15.4 Å². The van der Waals surface area contributed by atoms with Gasteiger partial charge in [0.25, 0.3) is 0 Å². The number of anilines is 1. The molecule has 3 rings (SSSR count). The molecule has 1 aromatic heterocycles. The number of carbonyl (C=O) groups is 1. The van der Waals surface area contributed by atoms with Crippen molar-refractivity contribution in [1.29, 1.82) is 0 Å². The summed E-state index contributed by atoms with van der Waals surface area (Å²) < 4.78 is 5.26. The lowest BCUT2D eigenvalue weighted by molar-refractivity contribution is 0.0528. The van der Waals surface area contributed by atoms with E-state index in [2.05, 4.69) is 61.7 Å². The molecule has 0 amide bonds. The lowest BCUT2D eigenvalue weighted by Crippen LogP contribution is -2.31. The van der Waals surface area contributed by atoms with E-state index in [9.17, 15) is 4.79 Å². The van der Waals surface area contributed by atoms with Gasteiger partial charge in [-0.15, -0.1) is 11.3 Å². The number of thiocarbonyl (C=S) groups is 1. The van der Waals surface area contributed by atoms with Crippen LogP contribution in [-0.2, 0) is 11.2 Å². The second-order valence-corrected chi connectivity index (χ2v) is 9.06. The van der Waals surface area contributed by atoms with Crippen LogP contribution in [0.3, 0.4) is 0 Å². The van der Waals surface area contributed by atoms with Gasteiger partial charge in [-0.05, 0) is 62.7 Å². The number of aryl methyl sites for hydroxylation is 2. The first kappa shape index (κ1) is 23.0. The van der Waals surface area contributed by atoms with Crippen LogP contribution in [0.25, 0.3) is 0 Å². The van der Waals surface area contributed by atoms with Gasteiger partial charge in [0.05, 0.1) is 18.2 Å². The highest BCUT2D eigenvalue weighted by Crippen LogP contribution is 2.31. The highest BCUT2D eigenvalue weighted by molar-refractivity contribution is 7.80. The minimum atomic E-state index is -0.342. The number of esters is 1. The summed E-state index contributed by atoms with van der Waals surface area (Å²) in [5.74, 6) is -0.342. The maximum Gasteiger partial charge on any atom is 0.341 e. The molecule has 0 aliphatic carbocycles. The molecule has 0 saturated carbocycles. The summed E-state index contributed by atoms with van der Waals surface area (Å²) in [7, 11) is 0. The molecule has 1 heterocycles. The van der Waals surface area contributed by atoms with Crippen LogP contribution >= 0.6 is 23.6 Å². The van der Waals surface area contributed by atoms with E-state index < -0.39 is 0 Å². The van der Waals surface area contributed by atoms with Gasteiger partial charge in [-0.2, -0.15) is 0 Å². The molecule has 1 unspecified atom stereocenters. The molecule has 6 heteroatoms. The van der Waals surface area contributed by atoms with Crippen LogP contribution in [0.1, 0.15) is 57.4 Å². The van der Waals surface area contributed by atoms with Gasteiger partial charge in [0.1, 0.15) is 5.00 Å². The van der Waals surface area contributed by atoms with E-state index in [0.717, 1.165) is 11.3 Å². The summed E-state index contributed by atoms with van der Waals surface area (Å²) >= 11 is 7.09. The van der Waals surface area contributed by atoms with Crippen LogP contribution in [-0.4, -0.2) is 17.7 Å². The summed E-state index contributed by atoms with van der Waals surface area (Å²) in [4.78, 5) is 13.6. The van der Waals surface area contributed by atoms with Crippen LogP contribution in [0.2, 0.25) is 0 Å². The number of hydrogen-bond acceptors (Lipinski definition) is 4. The SMILES string of the molecule is CCOC(=O)c1cc(Cc2ccccc2)sc1NC(=S)NC(C)c1ccc(C)cc1C. The molecule has 2 aromatic carbocycles. The maximum absolute atomic E-state index is 12.5. The number of nitrogens with one attached hydrogen (secondary N) is 2. The fraction of sp³-hybridized carbons (Fsp3) is 0.280. The molecule has 0 aliphatic heterocycles. The van der Waals surface area contributed by atoms with Crippen molar-refractivity contribution in [3.8, 4) is 0 Å². The van der Waals surface area contributed by atoms with Crippen molar-refractivity contribution in [1.82, 2.24) is 5.32 Å². The second kappa shape index (κ2) is 10.6. The Hall–Kier alpha value is -2.70. The Morgan fingerprint density at radius 3 is 2.55 bits per heavy atom. The van der Waals surface area contributed by atoms with Crippen LogP contribution in [0, 0.1) is 13.8 Å². The molecule has 0 radical (unpaired) electrons. The molecule has 3 aromatic rings. The molecule has 0 bridgehead atoms. The van der Waals surface area contributed by atoms with Crippen LogP contribution in [0.15, 0.2) is 54.6 Å². The standard InChI is InChI=1S/C25H28N2O2S2/c1-5-29-24(28)22-15-20(14-19-9-7-6-8-10-19)31-23(22)27-25(30)26-18(4)21-12-11-16(2)13-17(21)3/h6-13,15,18H,5,14H2,1-4H3,(H2,26,27,30). The smallest absolute Gasteiger partial charge is 0.341 e. The molecular weight excluding hydrogens is 424 g/mol.